The van der Waals surface area contributed by atoms with Gasteiger partial charge in [0.15, 0.2) is 5.69 Å². The predicted molar refractivity (Wildman–Crippen MR) is 95.4 cm³/mol. The maximum absolute atomic E-state index is 12.5. The number of hydrazone groups is 1. The number of nitrogens with zero attached hydrogens (tertiary/aromatic N) is 6. The number of aryl methyl sites for hydroxylation is 1. The number of nitrogens with two attached hydrogens (primary N) is 1. The van der Waals surface area contributed by atoms with E-state index in [4.69, 9.17) is 5.73 Å². The number of amides is 1. The zero-order chi connectivity index (χ0) is 19.4. The highest BCUT2D eigenvalue weighted by Gasteiger charge is 2.22. The fourth-order valence-corrected chi connectivity index (χ4v) is 2.35. The standard InChI is InChI=1S/C16H16N8O3/c1-3-5-10-6-4-7-11(13(10)25)8-18-20-16(26)12-9(2)19-23-24(12)15-14(17)21-27-22-15/h3-4,6-8,25H,1,5H2,2H3,(H2,17,21)(H,20,26)/b18-8-. The van der Waals surface area contributed by atoms with Gasteiger partial charge >= 0.3 is 0 Å². The molecule has 0 atom stereocenters. The monoisotopic (exact) mass is 368 g/mol. The van der Waals surface area contributed by atoms with E-state index in [0.717, 1.165) is 4.68 Å². The Hall–Kier alpha value is -4.02. The molecule has 0 unspecified atom stereocenters. The fraction of sp³-hybridized carbons (Fsp3) is 0.125. The molecule has 3 rings (SSSR count). The maximum atomic E-state index is 12.5. The first-order chi connectivity index (χ1) is 13.0. The average molecular weight is 368 g/mol. The summed E-state index contributed by atoms with van der Waals surface area (Å²) in [5.74, 6) is -0.529. The molecule has 11 heteroatoms. The summed E-state index contributed by atoms with van der Waals surface area (Å²) in [4.78, 5) is 12.5. The second-order valence-electron chi connectivity index (χ2n) is 5.46. The van der Waals surface area contributed by atoms with Crippen LogP contribution in [-0.4, -0.2) is 42.5 Å². The lowest BCUT2D eigenvalue weighted by atomic mass is 10.1. The zero-order valence-electron chi connectivity index (χ0n) is 14.3. The molecular weight excluding hydrogens is 352 g/mol. The van der Waals surface area contributed by atoms with E-state index in [2.05, 4.69) is 42.4 Å². The molecule has 0 aliphatic carbocycles. The highest BCUT2D eigenvalue weighted by Crippen LogP contribution is 2.21. The molecule has 11 nitrogen and oxygen atoms in total. The van der Waals surface area contributed by atoms with Crippen LogP contribution in [0.5, 0.6) is 5.75 Å². The number of phenolic OH excluding ortho intramolecular Hbond substituents is 1. The van der Waals surface area contributed by atoms with Gasteiger partial charge in [-0.25, -0.2) is 10.1 Å². The van der Waals surface area contributed by atoms with E-state index >= 15 is 0 Å². The molecule has 0 saturated carbocycles. The number of anilines is 1. The number of nitrogens with one attached hydrogen (secondary N) is 1. The Morgan fingerprint density at radius 3 is 3.00 bits per heavy atom. The van der Waals surface area contributed by atoms with Crippen molar-refractivity contribution in [2.24, 2.45) is 5.10 Å². The second kappa shape index (κ2) is 7.47. The molecule has 0 saturated heterocycles. The van der Waals surface area contributed by atoms with Crippen LogP contribution in [0.1, 0.15) is 27.3 Å². The number of allylic oxidation sites excluding steroid dienone is 1. The molecule has 0 radical (unpaired) electrons. The number of rotatable bonds is 6. The van der Waals surface area contributed by atoms with Crippen molar-refractivity contribution in [1.29, 1.82) is 0 Å². The average Bonchev–Trinajstić information content (AvgIpc) is 3.23. The van der Waals surface area contributed by atoms with E-state index in [9.17, 15) is 9.90 Å². The number of aromatic hydroxyl groups is 1. The van der Waals surface area contributed by atoms with Gasteiger partial charge < -0.3 is 10.8 Å². The van der Waals surface area contributed by atoms with E-state index < -0.39 is 5.91 Å². The molecule has 0 spiro atoms. The number of aromatic nitrogens is 5. The molecule has 4 N–H and O–H groups in total. The van der Waals surface area contributed by atoms with Crippen molar-refractivity contribution in [2.75, 3.05) is 5.73 Å². The minimum atomic E-state index is -0.599. The van der Waals surface area contributed by atoms with Crippen LogP contribution in [0.25, 0.3) is 5.82 Å². The van der Waals surface area contributed by atoms with Crippen molar-refractivity contribution in [3.8, 4) is 11.6 Å². The number of benzene rings is 1. The quantitative estimate of drug-likeness (QED) is 0.326. The van der Waals surface area contributed by atoms with Gasteiger partial charge in [0, 0.05) is 5.56 Å². The minimum Gasteiger partial charge on any atom is -0.507 e. The third kappa shape index (κ3) is 3.51. The Balaban J connectivity index is 1.81. The van der Waals surface area contributed by atoms with Crippen LogP contribution in [0, 0.1) is 6.92 Å². The Morgan fingerprint density at radius 2 is 2.30 bits per heavy atom. The molecule has 27 heavy (non-hydrogen) atoms. The summed E-state index contributed by atoms with van der Waals surface area (Å²) < 4.78 is 5.62. The molecule has 0 bridgehead atoms. The molecule has 3 aromatic rings. The van der Waals surface area contributed by atoms with Crippen molar-refractivity contribution >= 4 is 17.9 Å². The molecule has 2 aromatic heterocycles. The predicted octanol–water partition coefficient (Wildman–Crippen LogP) is 0.739. The van der Waals surface area contributed by atoms with Gasteiger partial charge in [0.05, 0.1) is 11.9 Å². The first-order valence-electron chi connectivity index (χ1n) is 7.78. The Morgan fingerprint density at radius 1 is 1.48 bits per heavy atom. The summed E-state index contributed by atoms with van der Waals surface area (Å²) in [6, 6.07) is 5.21. The summed E-state index contributed by atoms with van der Waals surface area (Å²) in [6.07, 6.45) is 3.52. The highest BCUT2D eigenvalue weighted by atomic mass is 16.6. The van der Waals surface area contributed by atoms with Crippen LogP contribution in [0.2, 0.25) is 0 Å². The summed E-state index contributed by atoms with van der Waals surface area (Å²) in [7, 11) is 0. The lowest BCUT2D eigenvalue weighted by Gasteiger charge is -2.05. The number of carbonyl (C=O) groups excluding carboxylic acids is 1. The van der Waals surface area contributed by atoms with Crippen molar-refractivity contribution in [2.45, 2.75) is 13.3 Å². The van der Waals surface area contributed by atoms with Crippen LogP contribution in [0.15, 0.2) is 40.6 Å². The number of carbonyl (C=O) groups is 1. The molecular formula is C16H16N8O3. The molecule has 1 amide bonds. The Labute approximate surface area is 153 Å². The van der Waals surface area contributed by atoms with Gasteiger partial charge in [-0.1, -0.05) is 23.4 Å². The van der Waals surface area contributed by atoms with Gasteiger partial charge in [-0.2, -0.15) is 9.78 Å². The zero-order valence-corrected chi connectivity index (χ0v) is 14.3. The fourth-order valence-electron chi connectivity index (χ4n) is 2.35. The van der Waals surface area contributed by atoms with Crippen molar-refractivity contribution < 1.29 is 14.5 Å². The van der Waals surface area contributed by atoms with Gasteiger partial charge in [-0.3, -0.25) is 4.79 Å². The summed E-state index contributed by atoms with van der Waals surface area (Å²) in [5, 5.41) is 28.8. The third-order valence-corrected chi connectivity index (χ3v) is 3.63. The molecule has 0 aliphatic rings. The number of hydrogen-bond acceptors (Lipinski definition) is 9. The van der Waals surface area contributed by atoms with E-state index in [-0.39, 0.29) is 23.1 Å². The van der Waals surface area contributed by atoms with Gasteiger partial charge in [-0.05, 0) is 35.3 Å². The SMILES string of the molecule is C=CCc1cccc(/C=N\NC(=O)c2c(C)nnn2-c2nonc2N)c1O. The summed E-state index contributed by atoms with van der Waals surface area (Å²) in [6.45, 7) is 5.24. The van der Waals surface area contributed by atoms with E-state index in [0.29, 0.717) is 23.2 Å². The van der Waals surface area contributed by atoms with E-state index in [1.807, 2.05) is 0 Å². The first-order valence-corrected chi connectivity index (χ1v) is 7.78. The van der Waals surface area contributed by atoms with Crippen LogP contribution < -0.4 is 11.2 Å². The van der Waals surface area contributed by atoms with Crippen molar-refractivity contribution in [3.63, 3.8) is 0 Å². The van der Waals surface area contributed by atoms with Crippen LogP contribution in [-0.2, 0) is 6.42 Å². The van der Waals surface area contributed by atoms with Crippen LogP contribution in [0.3, 0.4) is 0 Å². The molecule has 0 fully saturated rings. The van der Waals surface area contributed by atoms with Crippen LogP contribution in [0.4, 0.5) is 5.82 Å². The normalized spacial score (nSPS) is 11.0. The van der Waals surface area contributed by atoms with E-state index in [1.165, 1.54) is 6.21 Å². The lowest BCUT2D eigenvalue weighted by molar-refractivity contribution is 0.0946. The molecule has 138 valence electrons. The molecule has 2 heterocycles. The Kier molecular flexibility index (Phi) is 4.92. The number of para-hydroxylation sites is 1. The Bertz CT molecular complexity index is 1020. The molecule has 1 aromatic carbocycles. The van der Waals surface area contributed by atoms with Gasteiger partial charge in [-0.15, -0.1) is 11.7 Å². The first kappa shape index (κ1) is 17.8. The number of hydrogen-bond donors (Lipinski definition) is 3. The minimum absolute atomic E-state index is 0.0404. The van der Waals surface area contributed by atoms with Crippen LogP contribution >= 0.6 is 0 Å². The van der Waals surface area contributed by atoms with Crippen molar-refractivity contribution in [1.82, 2.24) is 30.7 Å². The molecule has 0 aliphatic heterocycles. The van der Waals surface area contributed by atoms with Crippen molar-refractivity contribution in [3.05, 3.63) is 53.4 Å². The smallest absolute Gasteiger partial charge is 0.292 e. The van der Waals surface area contributed by atoms with Gasteiger partial charge in [0.2, 0.25) is 11.6 Å². The summed E-state index contributed by atoms with van der Waals surface area (Å²) >= 11 is 0. The third-order valence-electron chi connectivity index (χ3n) is 3.63. The lowest BCUT2D eigenvalue weighted by Crippen LogP contribution is -2.22. The number of phenols is 1. The highest BCUT2D eigenvalue weighted by molar-refractivity contribution is 5.95. The van der Waals surface area contributed by atoms with E-state index in [1.54, 1.807) is 31.2 Å². The summed E-state index contributed by atoms with van der Waals surface area (Å²) in [5.41, 5.74) is 9.54. The maximum Gasteiger partial charge on any atom is 0.292 e. The second-order valence-corrected chi connectivity index (χ2v) is 5.46. The van der Waals surface area contributed by atoms with Gasteiger partial charge in [0.1, 0.15) is 5.75 Å². The van der Waals surface area contributed by atoms with Gasteiger partial charge in [0.25, 0.3) is 5.91 Å². The topological polar surface area (TPSA) is 157 Å². The largest absolute Gasteiger partial charge is 0.507 e. The number of nitrogen functional groups attached to an aromatic ring is 1.